The molecule has 0 bridgehead atoms. The van der Waals surface area contributed by atoms with Gasteiger partial charge in [0.05, 0.1) is 12.2 Å². The lowest BCUT2D eigenvalue weighted by Crippen LogP contribution is -2.21. The second-order valence-corrected chi connectivity index (χ2v) is 2.99. The van der Waals surface area contributed by atoms with Gasteiger partial charge in [0, 0.05) is 6.08 Å². The van der Waals surface area contributed by atoms with E-state index in [2.05, 4.69) is 13.5 Å². The molecule has 2 unspecified atom stereocenters. The lowest BCUT2D eigenvalue weighted by atomic mass is 10.1. The van der Waals surface area contributed by atoms with Crippen LogP contribution in [-0.4, -0.2) is 33.5 Å². The van der Waals surface area contributed by atoms with E-state index in [-0.39, 0.29) is 0 Å². The molecule has 84 valence electrons. The molecular formula is C10H20O4. The number of aliphatic hydroxyl groups is 2. The maximum Gasteiger partial charge on any atom is 0.327 e. The first-order chi connectivity index (χ1) is 6.45. The Balaban J connectivity index is 0. The first kappa shape index (κ1) is 15.6. The number of carboxylic acid groups (broad SMARTS) is 1. The molecule has 0 aliphatic carbocycles. The fraction of sp³-hybridized carbons (Fsp3) is 0.700. The van der Waals surface area contributed by atoms with Crippen LogP contribution in [0.25, 0.3) is 0 Å². The standard InChI is InChI=1S/C7H16O2.C3H4O2/c1-3-4-5-7(9)6(2)8;1-2-3(4)5/h6-9H,3-5H2,1-2H3;2H,1H2,(H,4,5). The van der Waals surface area contributed by atoms with Gasteiger partial charge in [0.25, 0.3) is 0 Å². The largest absolute Gasteiger partial charge is 0.478 e. The minimum Gasteiger partial charge on any atom is -0.478 e. The Morgan fingerprint density at radius 1 is 1.50 bits per heavy atom. The smallest absolute Gasteiger partial charge is 0.327 e. The normalized spacial score (nSPS) is 13.4. The molecule has 0 aromatic rings. The van der Waals surface area contributed by atoms with Crippen molar-refractivity contribution in [2.24, 2.45) is 0 Å². The molecule has 0 aromatic heterocycles. The van der Waals surface area contributed by atoms with Crippen molar-refractivity contribution in [3.05, 3.63) is 12.7 Å². The first-order valence-electron chi connectivity index (χ1n) is 4.67. The second kappa shape index (κ2) is 10.2. The molecule has 0 rings (SSSR count). The summed E-state index contributed by atoms with van der Waals surface area (Å²) in [6, 6.07) is 0. The van der Waals surface area contributed by atoms with Crippen LogP contribution >= 0.6 is 0 Å². The summed E-state index contributed by atoms with van der Waals surface area (Å²) in [5, 5.41) is 25.4. The second-order valence-electron chi connectivity index (χ2n) is 2.99. The lowest BCUT2D eigenvalue weighted by molar-refractivity contribution is -0.131. The summed E-state index contributed by atoms with van der Waals surface area (Å²) in [5.74, 6) is -0.981. The van der Waals surface area contributed by atoms with Crippen molar-refractivity contribution < 1.29 is 20.1 Å². The van der Waals surface area contributed by atoms with Gasteiger partial charge in [-0.25, -0.2) is 4.79 Å². The van der Waals surface area contributed by atoms with Gasteiger partial charge in [-0.2, -0.15) is 0 Å². The molecule has 0 radical (unpaired) electrons. The minimum atomic E-state index is -0.981. The van der Waals surface area contributed by atoms with E-state index in [0.717, 1.165) is 18.9 Å². The molecule has 0 amide bonds. The predicted molar refractivity (Wildman–Crippen MR) is 55.0 cm³/mol. The summed E-state index contributed by atoms with van der Waals surface area (Å²) >= 11 is 0. The Kier molecular flexibility index (Phi) is 11.4. The van der Waals surface area contributed by atoms with E-state index in [0.29, 0.717) is 6.42 Å². The molecule has 4 heteroatoms. The quantitative estimate of drug-likeness (QED) is 0.587. The van der Waals surface area contributed by atoms with Crippen LogP contribution in [0.5, 0.6) is 0 Å². The van der Waals surface area contributed by atoms with Crippen LogP contribution in [0.15, 0.2) is 12.7 Å². The zero-order valence-corrected chi connectivity index (χ0v) is 8.81. The van der Waals surface area contributed by atoms with E-state index in [4.69, 9.17) is 15.3 Å². The fourth-order valence-corrected chi connectivity index (χ4v) is 0.654. The molecule has 0 heterocycles. The van der Waals surface area contributed by atoms with Crippen LogP contribution in [0.3, 0.4) is 0 Å². The maximum absolute atomic E-state index is 9.25. The van der Waals surface area contributed by atoms with Crippen molar-refractivity contribution in [1.29, 1.82) is 0 Å². The predicted octanol–water partition coefficient (Wildman–Crippen LogP) is 1.18. The summed E-state index contributed by atoms with van der Waals surface area (Å²) in [7, 11) is 0. The molecule has 0 saturated heterocycles. The van der Waals surface area contributed by atoms with Crippen molar-refractivity contribution in [3.8, 4) is 0 Å². The zero-order chi connectivity index (χ0) is 11.6. The van der Waals surface area contributed by atoms with Gasteiger partial charge in [-0.15, -0.1) is 0 Å². The third kappa shape index (κ3) is 13.7. The van der Waals surface area contributed by atoms with Crippen molar-refractivity contribution in [3.63, 3.8) is 0 Å². The van der Waals surface area contributed by atoms with Crippen molar-refractivity contribution in [2.75, 3.05) is 0 Å². The first-order valence-corrected chi connectivity index (χ1v) is 4.67. The number of hydrogen-bond donors (Lipinski definition) is 3. The van der Waals surface area contributed by atoms with E-state index in [1.807, 2.05) is 0 Å². The van der Waals surface area contributed by atoms with Crippen LogP contribution < -0.4 is 0 Å². The highest BCUT2D eigenvalue weighted by Crippen LogP contribution is 2.03. The van der Waals surface area contributed by atoms with Crippen molar-refractivity contribution in [1.82, 2.24) is 0 Å². The third-order valence-electron chi connectivity index (χ3n) is 1.58. The molecule has 2 atom stereocenters. The van der Waals surface area contributed by atoms with E-state index in [9.17, 15) is 4.79 Å². The van der Waals surface area contributed by atoms with Gasteiger partial charge < -0.3 is 15.3 Å². The molecule has 4 nitrogen and oxygen atoms in total. The van der Waals surface area contributed by atoms with Crippen molar-refractivity contribution in [2.45, 2.75) is 45.3 Å². The summed E-state index contributed by atoms with van der Waals surface area (Å²) in [6.45, 7) is 6.64. The zero-order valence-electron chi connectivity index (χ0n) is 8.81. The molecular weight excluding hydrogens is 184 g/mol. The van der Waals surface area contributed by atoms with Crippen molar-refractivity contribution >= 4 is 5.97 Å². The van der Waals surface area contributed by atoms with Crippen LogP contribution in [0.2, 0.25) is 0 Å². The fourth-order valence-electron chi connectivity index (χ4n) is 0.654. The Bertz CT molecular complexity index is 154. The van der Waals surface area contributed by atoms with Gasteiger partial charge in [0.2, 0.25) is 0 Å². The average molecular weight is 204 g/mol. The molecule has 0 aromatic carbocycles. The van der Waals surface area contributed by atoms with Gasteiger partial charge in [0.1, 0.15) is 0 Å². The molecule has 0 aliphatic rings. The number of carbonyl (C=O) groups is 1. The number of unbranched alkanes of at least 4 members (excludes halogenated alkanes) is 1. The van der Waals surface area contributed by atoms with Crippen LogP contribution in [0, 0.1) is 0 Å². The topological polar surface area (TPSA) is 77.8 Å². The Morgan fingerprint density at radius 3 is 2.14 bits per heavy atom. The third-order valence-corrected chi connectivity index (χ3v) is 1.58. The van der Waals surface area contributed by atoms with E-state index < -0.39 is 18.2 Å². The van der Waals surface area contributed by atoms with E-state index in [1.54, 1.807) is 6.92 Å². The molecule has 14 heavy (non-hydrogen) atoms. The highest BCUT2D eigenvalue weighted by molar-refractivity contribution is 5.78. The van der Waals surface area contributed by atoms with Gasteiger partial charge in [-0.1, -0.05) is 26.3 Å². The molecule has 3 N–H and O–H groups in total. The number of hydrogen-bond acceptors (Lipinski definition) is 3. The number of aliphatic carboxylic acids is 1. The number of rotatable bonds is 5. The maximum atomic E-state index is 9.25. The minimum absolute atomic E-state index is 0.523. The van der Waals surface area contributed by atoms with Crippen LogP contribution in [0.1, 0.15) is 33.1 Å². The van der Waals surface area contributed by atoms with Gasteiger partial charge in [0.15, 0.2) is 0 Å². The average Bonchev–Trinajstić information content (AvgIpc) is 2.14. The summed E-state index contributed by atoms with van der Waals surface area (Å²) in [5.41, 5.74) is 0. The Morgan fingerprint density at radius 2 is 1.93 bits per heavy atom. The SMILES string of the molecule is C=CC(=O)O.CCCCC(O)C(C)O. The Hall–Kier alpha value is -0.870. The molecule has 0 aliphatic heterocycles. The van der Waals surface area contributed by atoms with E-state index >= 15 is 0 Å². The lowest BCUT2D eigenvalue weighted by Gasteiger charge is -2.11. The summed E-state index contributed by atoms with van der Waals surface area (Å²) in [4.78, 5) is 9.25. The highest BCUT2D eigenvalue weighted by Gasteiger charge is 2.08. The van der Waals surface area contributed by atoms with Gasteiger partial charge in [-0.3, -0.25) is 0 Å². The Labute approximate surface area is 84.9 Å². The van der Waals surface area contributed by atoms with Crippen LogP contribution in [-0.2, 0) is 4.79 Å². The molecule has 0 spiro atoms. The summed E-state index contributed by atoms with van der Waals surface area (Å²) < 4.78 is 0. The summed E-state index contributed by atoms with van der Waals surface area (Å²) in [6.07, 6.45) is 2.52. The molecule has 0 fully saturated rings. The van der Waals surface area contributed by atoms with Gasteiger partial charge >= 0.3 is 5.97 Å². The van der Waals surface area contributed by atoms with Gasteiger partial charge in [-0.05, 0) is 13.3 Å². The number of carboxylic acids is 1. The highest BCUT2D eigenvalue weighted by atomic mass is 16.4. The van der Waals surface area contributed by atoms with E-state index in [1.165, 1.54) is 0 Å². The monoisotopic (exact) mass is 204 g/mol. The number of aliphatic hydroxyl groups excluding tert-OH is 2. The molecule has 0 saturated carbocycles. The van der Waals surface area contributed by atoms with Crippen LogP contribution in [0.4, 0.5) is 0 Å².